The quantitative estimate of drug-likeness (QED) is 0.653. The molecule has 0 fully saturated rings. The van der Waals surface area contributed by atoms with E-state index in [1.54, 1.807) is 30.8 Å². The lowest BCUT2D eigenvalue weighted by Crippen LogP contribution is -2.07. The maximum atomic E-state index is 10.9. The number of nitrogens with two attached hydrogens (primary N) is 1. The van der Waals surface area contributed by atoms with Gasteiger partial charge in [-0.05, 0) is 19.9 Å². The maximum absolute atomic E-state index is 10.9. The van der Waals surface area contributed by atoms with E-state index in [1.165, 1.54) is 0 Å². The molecule has 2 aromatic heterocycles. The highest BCUT2D eigenvalue weighted by Gasteiger charge is 2.21. The van der Waals surface area contributed by atoms with E-state index in [0.717, 1.165) is 5.56 Å². The van der Waals surface area contributed by atoms with Gasteiger partial charge in [0.15, 0.2) is 0 Å². The van der Waals surface area contributed by atoms with Crippen LogP contribution in [0.3, 0.4) is 0 Å². The van der Waals surface area contributed by atoms with Gasteiger partial charge in [-0.15, -0.1) is 0 Å². The summed E-state index contributed by atoms with van der Waals surface area (Å²) >= 11 is 0. The van der Waals surface area contributed by atoms with Crippen molar-refractivity contribution >= 4 is 11.5 Å². The summed E-state index contributed by atoms with van der Waals surface area (Å²) < 4.78 is 1.57. The first-order valence-electron chi connectivity index (χ1n) is 5.38. The van der Waals surface area contributed by atoms with E-state index in [2.05, 4.69) is 10.1 Å². The summed E-state index contributed by atoms with van der Waals surface area (Å²) in [6.45, 7) is 3.67. The fourth-order valence-electron chi connectivity index (χ4n) is 1.85. The number of nitro groups is 1. The van der Waals surface area contributed by atoms with Crippen molar-refractivity contribution in [3.63, 3.8) is 0 Å². The third kappa shape index (κ3) is 2.02. The minimum atomic E-state index is -0.416. The van der Waals surface area contributed by atoms with Crippen LogP contribution in [0.5, 0.6) is 0 Å². The molecule has 0 unspecified atom stereocenters. The van der Waals surface area contributed by atoms with Crippen LogP contribution in [0, 0.1) is 24.0 Å². The number of aryl methyl sites for hydroxylation is 1. The Morgan fingerprint density at radius 2 is 2.22 bits per heavy atom. The molecule has 2 N–H and O–H groups in total. The summed E-state index contributed by atoms with van der Waals surface area (Å²) in [6.07, 6.45) is 1.60. The Balaban J connectivity index is 2.39. The van der Waals surface area contributed by atoms with Crippen molar-refractivity contribution in [2.24, 2.45) is 0 Å². The summed E-state index contributed by atoms with van der Waals surface area (Å²) in [4.78, 5) is 14.4. The van der Waals surface area contributed by atoms with E-state index in [4.69, 9.17) is 5.73 Å². The van der Waals surface area contributed by atoms with Crippen LogP contribution in [0.4, 0.5) is 11.5 Å². The molecule has 0 radical (unpaired) electrons. The molecule has 2 heterocycles. The van der Waals surface area contributed by atoms with E-state index in [9.17, 15) is 10.1 Å². The Morgan fingerprint density at radius 1 is 1.50 bits per heavy atom. The topological polar surface area (TPSA) is 99.9 Å². The predicted molar refractivity (Wildman–Crippen MR) is 66.1 cm³/mol. The first kappa shape index (κ1) is 12.0. The molecule has 0 aromatic carbocycles. The minimum Gasteiger partial charge on any atom is -0.383 e. The second kappa shape index (κ2) is 4.44. The highest BCUT2D eigenvalue weighted by Crippen LogP contribution is 2.23. The van der Waals surface area contributed by atoms with Gasteiger partial charge < -0.3 is 5.73 Å². The number of pyridine rings is 1. The maximum Gasteiger partial charge on any atom is 0.312 e. The van der Waals surface area contributed by atoms with Crippen LogP contribution in [0.2, 0.25) is 0 Å². The SMILES string of the molecule is Cc1nn(Cc2cccnc2N)c(C)c1[N+](=O)[O-]. The minimum absolute atomic E-state index is 0.0532. The molecule has 0 saturated heterocycles. The molecule has 7 heteroatoms. The monoisotopic (exact) mass is 247 g/mol. The smallest absolute Gasteiger partial charge is 0.312 e. The largest absolute Gasteiger partial charge is 0.383 e. The average molecular weight is 247 g/mol. The third-order valence-corrected chi connectivity index (χ3v) is 2.77. The summed E-state index contributed by atoms with van der Waals surface area (Å²) in [5, 5.41) is 15.0. The van der Waals surface area contributed by atoms with Gasteiger partial charge in [-0.25, -0.2) is 4.98 Å². The molecule has 0 saturated carbocycles. The van der Waals surface area contributed by atoms with Crippen molar-refractivity contribution in [2.45, 2.75) is 20.4 Å². The molecule has 0 aliphatic heterocycles. The number of hydrogen-bond acceptors (Lipinski definition) is 5. The second-order valence-electron chi connectivity index (χ2n) is 3.98. The van der Waals surface area contributed by atoms with Crippen molar-refractivity contribution in [2.75, 3.05) is 5.73 Å². The van der Waals surface area contributed by atoms with Gasteiger partial charge in [-0.2, -0.15) is 5.10 Å². The molecule has 0 aliphatic rings. The van der Waals surface area contributed by atoms with E-state index in [1.807, 2.05) is 6.07 Å². The Bertz CT molecular complexity index is 605. The van der Waals surface area contributed by atoms with Crippen LogP contribution in [-0.4, -0.2) is 19.7 Å². The molecule has 2 aromatic rings. The number of anilines is 1. The van der Waals surface area contributed by atoms with Crippen molar-refractivity contribution in [1.29, 1.82) is 0 Å². The zero-order valence-electron chi connectivity index (χ0n) is 10.1. The Labute approximate surface area is 103 Å². The van der Waals surface area contributed by atoms with Gasteiger partial charge in [-0.3, -0.25) is 14.8 Å². The van der Waals surface area contributed by atoms with Crippen molar-refractivity contribution in [1.82, 2.24) is 14.8 Å². The second-order valence-corrected chi connectivity index (χ2v) is 3.98. The number of aromatic nitrogens is 3. The lowest BCUT2D eigenvalue weighted by Gasteiger charge is -2.05. The number of nitrogens with zero attached hydrogens (tertiary/aromatic N) is 4. The van der Waals surface area contributed by atoms with Gasteiger partial charge in [0.2, 0.25) is 0 Å². The van der Waals surface area contributed by atoms with Gasteiger partial charge >= 0.3 is 5.69 Å². The highest BCUT2D eigenvalue weighted by atomic mass is 16.6. The van der Waals surface area contributed by atoms with E-state index >= 15 is 0 Å². The van der Waals surface area contributed by atoms with E-state index < -0.39 is 4.92 Å². The highest BCUT2D eigenvalue weighted by molar-refractivity contribution is 5.42. The predicted octanol–water partition coefficient (Wildman–Crippen LogP) is 1.43. The van der Waals surface area contributed by atoms with E-state index in [0.29, 0.717) is 23.8 Å². The van der Waals surface area contributed by atoms with Gasteiger partial charge in [0.25, 0.3) is 0 Å². The zero-order valence-corrected chi connectivity index (χ0v) is 10.1. The first-order valence-corrected chi connectivity index (χ1v) is 5.38. The van der Waals surface area contributed by atoms with Crippen molar-refractivity contribution in [3.05, 3.63) is 45.4 Å². The van der Waals surface area contributed by atoms with Crippen LogP contribution < -0.4 is 5.73 Å². The normalized spacial score (nSPS) is 10.6. The Morgan fingerprint density at radius 3 is 2.78 bits per heavy atom. The average Bonchev–Trinajstić information content (AvgIpc) is 2.57. The summed E-state index contributed by atoms with van der Waals surface area (Å²) in [5.74, 6) is 0.410. The number of rotatable bonds is 3. The molecule has 0 bridgehead atoms. The molecule has 0 atom stereocenters. The standard InChI is InChI=1S/C11H13N5O2/c1-7-10(16(17)18)8(2)15(14-7)6-9-4-3-5-13-11(9)12/h3-5H,6H2,1-2H3,(H2,12,13). The van der Waals surface area contributed by atoms with Crippen molar-refractivity contribution < 1.29 is 4.92 Å². The summed E-state index contributed by atoms with van der Waals surface area (Å²) in [7, 11) is 0. The molecule has 2 rings (SSSR count). The van der Waals surface area contributed by atoms with Crippen molar-refractivity contribution in [3.8, 4) is 0 Å². The number of hydrogen-bond donors (Lipinski definition) is 1. The lowest BCUT2D eigenvalue weighted by atomic mass is 10.2. The van der Waals surface area contributed by atoms with Crippen LogP contribution >= 0.6 is 0 Å². The van der Waals surface area contributed by atoms with E-state index in [-0.39, 0.29) is 5.69 Å². The van der Waals surface area contributed by atoms with Gasteiger partial charge in [0.1, 0.15) is 17.2 Å². The Hall–Kier alpha value is -2.44. The van der Waals surface area contributed by atoms with Crippen LogP contribution in [0.1, 0.15) is 17.0 Å². The fourth-order valence-corrected chi connectivity index (χ4v) is 1.85. The zero-order chi connectivity index (χ0) is 13.3. The molecule has 0 spiro atoms. The first-order chi connectivity index (χ1) is 8.50. The van der Waals surface area contributed by atoms with Gasteiger partial charge in [0, 0.05) is 11.8 Å². The van der Waals surface area contributed by atoms with Gasteiger partial charge in [-0.1, -0.05) is 6.07 Å². The fraction of sp³-hybridized carbons (Fsp3) is 0.273. The molecule has 18 heavy (non-hydrogen) atoms. The molecular weight excluding hydrogens is 234 g/mol. The third-order valence-electron chi connectivity index (χ3n) is 2.77. The van der Waals surface area contributed by atoms with Crippen LogP contribution in [0.15, 0.2) is 18.3 Å². The molecular formula is C11H13N5O2. The number of nitrogen functional groups attached to an aromatic ring is 1. The summed E-state index contributed by atoms with van der Waals surface area (Å²) in [6, 6.07) is 3.59. The summed E-state index contributed by atoms with van der Waals surface area (Å²) in [5.41, 5.74) is 7.50. The molecule has 0 amide bonds. The molecule has 0 aliphatic carbocycles. The molecule has 94 valence electrons. The van der Waals surface area contributed by atoms with Crippen LogP contribution in [-0.2, 0) is 6.54 Å². The van der Waals surface area contributed by atoms with Gasteiger partial charge in [0.05, 0.1) is 11.5 Å². The molecule has 7 nitrogen and oxygen atoms in total. The van der Waals surface area contributed by atoms with Crippen LogP contribution in [0.25, 0.3) is 0 Å². The Kier molecular flexibility index (Phi) is 2.97. The lowest BCUT2D eigenvalue weighted by molar-refractivity contribution is -0.386.